The van der Waals surface area contributed by atoms with Crippen molar-refractivity contribution in [3.63, 3.8) is 0 Å². The first kappa shape index (κ1) is 14.3. The Morgan fingerprint density at radius 3 is 2.48 bits per heavy atom. The second-order valence-electron chi connectivity index (χ2n) is 4.33. The van der Waals surface area contributed by atoms with E-state index in [-0.39, 0.29) is 11.5 Å². The fourth-order valence-electron chi connectivity index (χ4n) is 1.76. The predicted octanol–water partition coefficient (Wildman–Crippen LogP) is 2.78. The van der Waals surface area contributed by atoms with E-state index in [1.807, 2.05) is 30.3 Å². The summed E-state index contributed by atoms with van der Waals surface area (Å²) in [5.41, 5.74) is 0.943. The minimum Gasteiger partial charge on any atom is -0.249 e. The summed E-state index contributed by atoms with van der Waals surface area (Å²) in [5, 5.41) is 11.6. The number of benzene rings is 1. The topological polar surface area (TPSA) is 72.8 Å². The second-order valence-corrected chi connectivity index (χ2v) is 8.43. The largest absolute Gasteiger partial charge is 0.249 e. The Morgan fingerprint density at radius 2 is 1.76 bits per heavy atom. The quantitative estimate of drug-likeness (QED) is 0.716. The van der Waals surface area contributed by atoms with Crippen LogP contribution in [-0.2, 0) is 21.3 Å². The lowest BCUT2D eigenvalue weighted by Crippen LogP contribution is -2.07. The summed E-state index contributed by atoms with van der Waals surface area (Å²) in [7, 11) is -3.27. The number of sulfone groups is 1. The van der Waals surface area contributed by atoms with Gasteiger partial charge in [-0.05, 0) is 0 Å². The summed E-state index contributed by atoms with van der Waals surface area (Å²) in [5.74, 6) is -0.151. The Balaban J connectivity index is 1.75. The van der Waals surface area contributed by atoms with Crippen molar-refractivity contribution in [3.8, 4) is 10.6 Å². The molecule has 0 amide bonds. The van der Waals surface area contributed by atoms with Crippen molar-refractivity contribution in [2.75, 3.05) is 0 Å². The molecular formula is C13H11N3O2S3. The highest BCUT2D eigenvalue weighted by Gasteiger charge is 2.18. The molecule has 0 spiro atoms. The molecule has 3 rings (SSSR count). The molecular weight excluding hydrogens is 326 g/mol. The van der Waals surface area contributed by atoms with E-state index < -0.39 is 9.84 Å². The van der Waals surface area contributed by atoms with Gasteiger partial charge in [0.15, 0.2) is 9.84 Å². The van der Waals surface area contributed by atoms with Gasteiger partial charge in [0.2, 0.25) is 0 Å². The summed E-state index contributed by atoms with van der Waals surface area (Å²) in [6.07, 6.45) is 1.61. The third-order valence-corrected chi connectivity index (χ3v) is 6.20. The van der Waals surface area contributed by atoms with Gasteiger partial charge in [-0.1, -0.05) is 41.7 Å². The van der Waals surface area contributed by atoms with E-state index in [0.717, 1.165) is 10.6 Å². The molecule has 0 radical (unpaired) electrons. The smallest absolute Gasteiger partial charge is 0.163 e. The van der Waals surface area contributed by atoms with E-state index in [1.54, 1.807) is 11.6 Å². The fourth-order valence-corrected chi connectivity index (χ4v) is 5.37. The first-order valence-electron chi connectivity index (χ1n) is 6.09. The highest BCUT2D eigenvalue weighted by molar-refractivity contribution is 7.90. The Morgan fingerprint density at radius 1 is 1.00 bits per heavy atom. The molecule has 8 heteroatoms. The van der Waals surface area contributed by atoms with E-state index in [0.29, 0.717) is 10.0 Å². The van der Waals surface area contributed by atoms with Gasteiger partial charge in [-0.25, -0.2) is 13.4 Å². The molecule has 0 atom stereocenters. The maximum atomic E-state index is 12.1. The van der Waals surface area contributed by atoms with Crippen LogP contribution in [0.25, 0.3) is 10.6 Å². The average molecular weight is 337 g/mol. The summed E-state index contributed by atoms with van der Waals surface area (Å²) < 4.78 is 24.2. The SMILES string of the molecule is O=S(=O)(Cc1nccs1)Cc1nnc(-c2ccccc2)s1. The minimum atomic E-state index is -3.27. The Bertz CT molecular complexity index is 811. The first-order valence-corrected chi connectivity index (χ1v) is 9.61. The zero-order chi connectivity index (χ0) is 14.7. The zero-order valence-electron chi connectivity index (χ0n) is 10.8. The normalized spacial score (nSPS) is 11.6. The highest BCUT2D eigenvalue weighted by Crippen LogP contribution is 2.24. The number of nitrogens with zero attached hydrogens (tertiary/aromatic N) is 3. The van der Waals surface area contributed by atoms with Gasteiger partial charge >= 0.3 is 0 Å². The van der Waals surface area contributed by atoms with Crippen molar-refractivity contribution >= 4 is 32.5 Å². The van der Waals surface area contributed by atoms with Crippen LogP contribution < -0.4 is 0 Å². The maximum absolute atomic E-state index is 12.1. The van der Waals surface area contributed by atoms with Gasteiger partial charge in [-0.3, -0.25) is 0 Å². The molecule has 0 bridgehead atoms. The number of hydrogen-bond acceptors (Lipinski definition) is 7. The standard InChI is InChI=1S/C13H11N3O2S3/c17-21(18,8-11-14-6-7-19-11)9-12-15-16-13(20-12)10-4-2-1-3-5-10/h1-7H,8-9H2. The van der Waals surface area contributed by atoms with Crippen molar-refractivity contribution in [3.05, 3.63) is 51.9 Å². The fraction of sp³-hybridized carbons (Fsp3) is 0.154. The van der Waals surface area contributed by atoms with E-state index >= 15 is 0 Å². The lowest BCUT2D eigenvalue weighted by atomic mass is 10.2. The van der Waals surface area contributed by atoms with E-state index in [9.17, 15) is 8.42 Å². The molecule has 0 saturated carbocycles. The summed E-state index contributed by atoms with van der Waals surface area (Å²) in [6.45, 7) is 0. The second kappa shape index (κ2) is 6.00. The van der Waals surface area contributed by atoms with Crippen LogP contribution >= 0.6 is 22.7 Å². The van der Waals surface area contributed by atoms with Gasteiger partial charge in [0, 0.05) is 17.1 Å². The number of thiazole rings is 1. The van der Waals surface area contributed by atoms with Crippen LogP contribution in [0.5, 0.6) is 0 Å². The van der Waals surface area contributed by atoms with Gasteiger partial charge < -0.3 is 0 Å². The van der Waals surface area contributed by atoms with Gasteiger partial charge in [0.25, 0.3) is 0 Å². The molecule has 5 nitrogen and oxygen atoms in total. The molecule has 3 aromatic rings. The van der Waals surface area contributed by atoms with Crippen molar-refractivity contribution in [2.45, 2.75) is 11.5 Å². The molecule has 0 aliphatic carbocycles. The summed E-state index contributed by atoms with van der Waals surface area (Å²) in [6, 6.07) is 9.60. The molecule has 0 aliphatic rings. The lowest BCUT2D eigenvalue weighted by Gasteiger charge is -1.98. The number of aromatic nitrogens is 3. The third kappa shape index (κ3) is 3.72. The van der Waals surface area contributed by atoms with Crippen molar-refractivity contribution in [1.82, 2.24) is 15.2 Å². The maximum Gasteiger partial charge on any atom is 0.163 e. The number of rotatable bonds is 5. The zero-order valence-corrected chi connectivity index (χ0v) is 13.3. The Labute approximate surface area is 130 Å². The monoisotopic (exact) mass is 337 g/mol. The van der Waals surface area contributed by atoms with Gasteiger partial charge in [0.05, 0.1) is 0 Å². The first-order chi connectivity index (χ1) is 10.1. The van der Waals surface area contributed by atoms with Gasteiger partial charge in [-0.15, -0.1) is 21.5 Å². The van der Waals surface area contributed by atoms with Crippen LogP contribution in [-0.4, -0.2) is 23.6 Å². The molecule has 0 N–H and O–H groups in total. The van der Waals surface area contributed by atoms with Crippen molar-refractivity contribution < 1.29 is 8.42 Å². The molecule has 0 unspecified atom stereocenters. The van der Waals surface area contributed by atoms with Crippen molar-refractivity contribution in [1.29, 1.82) is 0 Å². The van der Waals surface area contributed by atoms with E-state index in [1.165, 1.54) is 22.7 Å². The van der Waals surface area contributed by atoms with Crippen LogP contribution in [0, 0.1) is 0 Å². The number of hydrogen-bond donors (Lipinski definition) is 0. The minimum absolute atomic E-state index is 0.0507. The molecule has 21 heavy (non-hydrogen) atoms. The van der Waals surface area contributed by atoms with Crippen LogP contribution in [0.4, 0.5) is 0 Å². The Kier molecular flexibility index (Phi) is 4.09. The third-order valence-electron chi connectivity index (χ3n) is 2.66. The molecule has 2 aromatic heterocycles. The van der Waals surface area contributed by atoms with Gasteiger partial charge in [0.1, 0.15) is 26.5 Å². The molecule has 0 saturated heterocycles. The highest BCUT2D eigenvalue weighted by atomic mass is 32.2. The predicted molar refractivity (Wildman–Crippen MR) is 83.8 cm³/mol. The summed E-state index contributed by atoms with van der Waals surface area (Å²) in [4.78, 5) is 4.00. The summed E-state index contributed by atoms with van der Waals surface area (Å²) >= 11 is 2.65. The average Bonchev–Trinajstić information content (AvgIpc) is 3.10. The molecule has 108 valence electrons. The van der Waals surface area contributed by atoms with E-state index in [2.05, 4.69) is 15.2 Å². The van der Waals surface area contributed by atoms with Crippen LogP contribution in [0.1, 0.15) is 10.0 Å². The Hall–Kier alpha value is -1.64. The molecule has 2 heterocycles. The van der Waals surface area contributed by atoms with Crippen LogP contribution in [0.2, 0.25) is 0 Å². The van der Waals surface area contributed by atoms with Crippen LogP contribution in [0.3, 0.4) is 0 Å². The molecule has 0 aliphatic heterocycles. The molecule has 0 fully saturated rings. The van der Waals surface area contributed by atoms with Crippen molar-refractivity contribution in [2.24, 2.45) is 0 Å². The van der Waals surface area contributed by atoms with Gasteiger partial charge in [-0.2, -0.15) is 0 Å². The lowest BCUT2D eigenvalue weighted by molar-refractivity contribution is 0.594. The van der Waals surface area contributed by atoms with Crippen LogP contribution in [0.15, 0.2) is 41.9 Å². The molecule has 1 aromatic carbocycles. The van der Waals surface area contributed by atoms with E-state index in [4.69, 9.17) is 0 Å².